The molecule has 5 nitrogen and oxygen atoms in total. The molecule has 23 heavy (non-hydrogen) atoms. The van der Waals surface area contributed by atoms with E-state index in [1.54, 1.807) is 36.9 Å². The van der Waals surface area contributed by atoms with Crippen LogP contribution in [0.1, 0.15) is 33.5 Å². The summed E-state index contributed by atoms with van der Waals surface area (Å²) >= 11 is 0. The molecule has 0 unspecified atom stereocenters. The Kier molecular flexibility index (Phi) is 3.78. The van der Waals surface area contributed by atoms with Crippen molar-refractivity contribution in [3.63, 3.8) is 0 Å². The number of carbonyl (C=O) groups excluding carboxylic acids is 2. The number of H-pyrrole nitrogens is 1. The maximum Gasteiger partial charge on any atom is 0.355 e. The summed E-state index contributed by atoms with van der Waals surface area (Å²) in [6, 6.07) is 11.0. The van der Waals surface area contributed by atoms with Crippen molar-refractivity contribution in [3.8, 4) is 0 Å². The first kappa shape index (κ1) is 15.1. The highest BCUT2D eigenvalue weighted by Crippen LogP contribution is 2.24. The molecular formula is C18H18N2O3. The highest BCUT2D eigenvalue weighted by molar-refractivity contribution is 6.11. The number of aromatic nitrogens is 2. The van der Waals surface area contributed by atoms with Crippen LogP contribution in [0.3, 0.4) is 0 Å². The van der Waals surface area contributed by atoms with Crippen molar-refractivity contribution in [2.45, 2.75) is 20.0 Å². The van der Waals surface area contributed by atoms with E-state index in [9.17, 15) is 9.59 Å². The van der Waals surface area contributed by atoms with Gasteiger partial charge in [0, 0.05) is 35.4 Å². The lowest BCUT2D eigenvalue weighted by molar-refractivity contribution is 0.0310. The van der Waals surface area contributed by atoms with Gasteiger partial charge in [-0.05, 0) is 32.0 Å². The smallest absolute Gasteiger partial charge is 0.355 e. The normalized spacial score (nSPS) is 12.3. The van der Waals surface area contributed by atoms with E-state index in [2.05, 4.69) is 4.98 Å². The topological polar surface area (TPSA) is 64.1 Å². The molecule has 2 aromatic heterocycles. The molecule has 0 amide bonds. The van der Waals surface area contributed by atoms with Crippen molar-refractivity contribution < 1.29 is 14.3 Å². The number of benzene rings is 1. The molecule has 0 aliphatic heterocycles. The monoisotopic (exact) mass is 310 g/mol. The van der Waals surface area contributed by atoms with Crippen molar-refractivity contribution in [1.29, 1.82) is 0 Å². The Morgan fingerprint density at radius 3 is 2.61 bits per heavy atom. The number of rotatable bonds is 4. The van der Waals surface area contributed by atoms with Crippen molar-refractivity contribution in [3.05, 3.63) is 59.5 Å². The number of para-hydroxylation sites is 1. The van der Waals surface area contributed by atoms with E-state index in [4.69, 9.17) is 4.74 Å². The predicted molar refractivity (Wildman–Crippen MR) is 87.7 cm³/mol. The van der Waals surface area contributed by atoms with Gasteiger partial charge >= 0.3 is 5.97 Å². The van der Waals surface area contributed by atoms with Crippen LogP contribution < -0.4 is 0 Å². The molecule has 118 valence electrons. The number of nitrogens with zero attached hydrogens (tertiary/aromatic N) is 1. The van der Waals surface area contributed by atoms with Crippen LogP contribution in [0.2, 0.25) is 0 Å². The number of hydrogen-bond donors (Lipinski definition) is 1. The summed E-state index contributed by atoms with van der Waals surface area (Å²) in [7, 11) is 1.76. The van der Waals surface area contributed by atoms with Crippen LogP contribution in [-0.4, -0.2) is 27.4 Å². The van der Waals surface area contributed by atoms with Gasteiger partial charge in [0.15, 0.2) is 6.10 Å². The first-order chi connectivity index (χ1) is 11.0. The molecule has 0 saturated carbocycles. The number of ether oxygens (including phenoxy) is 1. The van der Waals surface area contributed by atoms with Gasteiger partial charge in [0.05, 0.1) is 0 Å². The number of aromatic amines is 1. The highest BCUT2D eigenvalue weighted by atomic mass is 16.5. The standard InChI is InChI=1S/C18H18N2O3/c1-11-16(13-7-4-5-8-14(13)19-11)17(21)12(2)23-18(22)15-9-6-10-20(15)3/h4-10,12,19H,1-3H3/t12-/m1/s1. The largest absolute Gasteiger partial charge is 0.450 e. The van der Waals surface area contributed by atoms with Gasteiger partial charge in [-0.25, -0.2) is 4.79 Å². The Morgan fingerprint density at radius 1 is 1.17 bits per heavy atom. The molecule has 3 rings (SSSR count). The second-order valence-corrected chi connectivity index (χ2v) is 5.59. The highest BCUT2D eigenvalue weighted by Gasteiger charge is 2.25. The molecule has 0 spiro atoms. The summed E-state index contributed by atoms with van der Waals surface area (Å²) in [6.07, 6.45) is 0.905. The van der Waals surface area contributed by atoms with Gasteiger partial charge < -0.3 is 14.3 Å². The molecule has 0 radical (unpaired) electrons. The molecular weight excluding hydrogens is 292 g/mol. The summed E-state index contributed by atoms with van der Waals surface area (Å²) in [5.74, 6) is -0.710. The van der Waals surface area contributed by atoms with Gasteiger partial charge in [-0.2, -0.15) is 0 Å². The quantitative estimate of drug-likeness (QED) is 0.594. The van der Waals surface area contributed by atoms with Crippen LogP contribution in [0.5, 0.6) is 0 Å². The van der Waals surface area contributed by atoms with Gasteiger partial charge in [-0.1, -0.05) is 18.2 Å². The summed E-state index contributed by atoms with van der Waals surface area (Å²) in [5, 5.41) is 0.844. The summed E-state index contributed by atoms with van der Waals surface area (Å²) < 4.78 is 7.01. The molecule has 0 aliphatic carbocycles. The molecule has 2 heterocycles. The number of hydrogen-bond acceptors (Lipinski definition) is 3. The van der Waals surface area contributed by atoms with Gasteiger partial charge in [0.25, 0.3) is 0 Å². The summed E-state index contributed by atoms with van der Waals surface area (Å²) in [5.41, 5.74) is 2.67. The fourth-order valence-corrected chi connectivity index (χ4v) is 2.75. The number of aryl methyl sites for hydroxylation is 2. The first-order valence-corrected chi connectivity index (χ1v) is 7.43. The van der Waals surface area contributed by atoms with Crippen LogP contribution in [0.25, 0.3) is 10.9 Å². The van der Waals surface area contributed by atoms with Gasteiger partial charge in [-0.15, -0.1) is 0 Å². The van der Waals surface area contributed by atoms with E-state index in [0.717, 1.165) is 16.6 Å². The number of esters is 1. The second kappa shape index (κ2) is 5.76. The van der Waals surface area contributed by atoms with Crippen LogP contribution in [-0.2, 0) is 11.8 Å². The Labute approximate surface area is 133 Å². The zero-order chi connectivity index (χ0) is 16.6. The molecule has 1 aromatic carbocycles. The molecule has 0 saturated heterocycles. The van der Waals surface area contributed by atoms with Crippen molar-refractivity contribution in [1.82, 2.24) is 9.55 Å². The van der Waals surface area contributed by atoms with Crippen LogP contribution in [0, 0.1) is 6.92 Å². The van der Waals surface area contributed by atoms with Gasteiger partial charge in [-0.3, -0.25) is 4.79 Å². The van der Waals surface area contributed by atoms with Crippen molar-refractivity contribution in [2.24, 2.45) is 7.05 Å². The molecule has 1 atom stereocenters. The predicted octanol–water partition coefficient (Wildman–Crippen LogP) is 3.24. The second-order valence-electron chi connectivity index (χ2n) is 5.59. The summed E-state index contributed by atoms with van der Waals surface area (Å²) in [4.78, 5) is 28.1. The Hall–Kier alpha value is -2.82. The number of ketones is 1. The lowest BCUT2D eigenvalue weighted by Crippen LogP contribution is -2.25. The van der Waals surface area contributed by atoms with E-state index in [1.807, 2.05) is 31.2 Å². The minimum atomic E-state index is -0.852. The minimum Gasteiger partial charge on any atom is -0.450 e. The van der Waals surface area contributed by atoms with Crippen molar-refractivity contribution >= 4 is 22.7 Å². The molecule has 5 heteroatoms. The van der Waals surface area contributed by atoms with Crippen molar-refractivity contribution in [2.75, 3.05) is 0 Å². The number of fused-ring (bicyclic) bond motifs is 1. The molecule has 3 aromatic rings. The minimum absolute atomic E-state index is 0.206. The molecule has 1 N–H and O–H groups in total. The fourth-order valence-electron chi connectivity index (χ4n) is 2.75. The Balaban J connectivity index is 1.86. The van der Waals surface area contributed by atoms with Crippen LogP contribution in [0.4, 0.5) is 0 Å². The maximum absolute atomic E-state index is 12.7. The SMILES string of the molecule is Cc1[nH]c2ccccc2c1C(=O)[C@@H](C)OC(=O)c1cccn1C. The number of carbonyl (C=O) groups is 2. The maximum atomic E-state index is 12.7. The zero-order valence-corrected chi connectivity index (χ0v) is 13.3. The first-order valence-electron chi connectivity index (χ1n) is 7.43. The molecule has 0 bridgehead atoms. The van der Waals surface area contributed by atoms with Gasteiger partial charge in [0.2, 0.25) is 5.78 Å². The van der Waals surface area contributed by atoms with Crippen LogP contribution in [0.15, 0.2) is 42.6 Å². The fraction of sp³-hybridized carbons (Fsp3) is 0.222. The zero-order valence-electron chi connectivity index (χ0n) is 13.3. The van der Waals surface area contributed by atoms with E-state index < -0.39 is 12.1 Å². The number of nitrogens with one attached hydrogen (secondary N) is 1. The summed E-state index contributed by atoms with van der Waals surface area (Å²) in [6.45, 7) is 3.45. The average Bonchev–Trinajstić information content (AvgIpc) is 3.08. The van der Waals surface area contributed by atoms with E-state index in [1.165, 1.54) is 0 Å². The van der Waals surface area contributed by atoms with Gasteiger partial charge in [0.1, 0.15) is 5.69 Å². The number of Topliss-reactive ketones (excluding diaryl/α,β-unsaturated/α-hetero) is 1. The van der Waals surface area contributed by atoms with E-state index in [-0.39, 0.29) is 5.78 Å². The Bertz CT molecular complexity index is 889. The third kappa shape index (κ3) is 2.65. The lowest BCUT2D eigenvalue weighted by atomic mass is 10.0. The lowest BCUT2D eigenvalue weighted by Gasteiger charge is -2.13. The average molecular weight is 310 g/mol. The van der Waals surface area contributed by atoms with Crippen LogP contribution >= 0.6 is 0 Å². The molecule has 0 aliphatic rings. The van der Waals surface area contributed by atoms with E-state index >= 15 is 0 Å². The third-order valence-electron chi connectivity index (χ3n) is 3.95. The van der Waals surface area contributed by atoms with E-state index in [0.29, 0.717) is 11.3 Å². The molecule has 0 fully saturated rings. The Morgan fingerprint density at radius 2 is 1.91 bits per heavy atom. The third-order valence-corrected chi connectivity index (χ3v) is 3.95.